The molecule has 0 amide bonds. The van der Waals surface area contributed by atoms with Crippen molar-refractivity contribution < 1.29 is 17.0 Å². The van der Waals surface area contributed by atoms with Crippen LogP contribution in [0.5, 0.6) is 0 Å². The van der Waals surface area contributed by atoms with E-state index >= 15 is 0 Å². The molecule has 1 aliphatic heterocycles. The third kappa shape index (κ3) is 9.55. The third-order valence-corrected chi connectivity index (χ3v) is 21.1. The van der Waals surface area contributed by atoms with E-state index < -0.39 is 33.5 Å². The van der Waals surface area contributed by atoms with Crippen LogP contribution in [0.1, 0.15) is 65.9 Å². The van der Waals surface area contributed by atoms with Crippen molar-refractivity contribution in [2.45, 2.75) is 97.9 Å². The molecule has 1 aromatic heterocycles. The van der Waals surface area contributed by atoms with Crippen molar-refractivity contribution in [1.82, 2.24) is 0 Å². The number of aryl methyl sites for hydroxylation is 4. The molecule has 2 aromatic carbocycles. The Kier molecular flexibility index (Phi) is 16.3. The van der Waals surface area contributed by atoms with Crippen LogP contribution in [0.25, 0.3) is 10.6 Å². The molecule has 0 radical (unpaired) electrons. The Bertz CT molecular complexity index is 1680. The van der Waals surface area contributed by atoms with Gasteiger partial charge in [0.25, 0.3) is 0 Å². The second-order valence-corrected chi connectivity index (χ2v) is 30.0. The quantitative estimate of drug-likeness (QED) is 0.197. The number of hydrogen-bond donors (Lipinski definition) is 1. The topological polar surface area (TPSA) is 26.1 Å². The summed E-state index contributed by atoms with van der Waals surface area (Å²) in [5, 5.41) is 5.32. The summed E-state index contributed by atoms with van der Waals surface area (Å²) in [4.78, 5) is 10.9. The predicted octanol–water partition coefficient (Wildman–Crippen LogP) is 15.9. The van der Waals surface area contributed by atoms with Crippen LogP contribution >= 0.6 is 73.6 Å². The van der Waals surface area contributed by atoms with Gasteiger partial charge in [-0.2, -0.15) is 0 Å². The summed E-state index contributed by atoms with van der Waals surface area (Å²) >= 11 is 10.9. The maximum atomic E-state index is 5.41. The number of rotatable bonds is 6. The van der Waals surface area contributed by atoms with Crippen molar-refractivity contribution in [2.75, 3.05) is 4.98 Å². The summed E-state index contributed by atoms with van der Waals surface area (Å²) in [6.45, 7) is 28.0. The molecule has 6 rings (SSSR count). The number of anilines is 1. The van der Waals surface area contributed by atoms with Gasteiger partial charge in [-0.1, -0.05) is 85.3 Å². The fraction of sp³-hybridized carbons (Fsp3) is 0.462. The number of halogens is 4. The zero-order valence-electron chi connectivity index (χ0n) is 31.9. The minimum absolute atomic E-state index is 0. The number of allylic oxidation sites excluding steroid dienone is 3. The van der Waals surface area contributed by atoms with Crippen molar-refractivity contribution in [1.29, 1.82) is 0 Å². The Labute approximate surface area is 347 Å². The Morgan fingerprint density at radius 1 is 0.860 bits per heavy atom. The molecule has 0 spiro atoms. The Hall–Kier alpha value is 0.258. The summed E-state index contributed by atoms with van der Waals surface area (Å²) in [5.41, 5.74) is 13.5. The van der Waals surface area contributed by atoms with E-state index in [1.165, 1.54) is 49.2 Å². The first-order valence-corrected chi connectivity index (χ1v) is 30.7. The van der Waals surface area contributed by atoms with Gasteiger partial charge in [-0.3, -0.25) is 0 Å². The average molecular weight is 950 g/mol. The van der Waals surface area contributed by atoms with Crippen molar-refractivity contribution in [3.63, 3.8) is 0 Å². The van der Waals surface area contributed by atoms with Crippen molar-refractivity contribution in [3.05, 3.63) is 107 Å². The van der Waals surface area contributed by atoms with Gasteiger partial charge >= 0.3 is 35.6 Å². The zero-order valence-corrected chi connectivity index (χ0v) is 41.7. The zero-order chi connectivity index (χ0) is 36.6. The van der Waals surface area contributed by atoms with Crippen molar-refractivity contribution in [3.8, 4) is 0 Å². The van der Waals surface area contributed by atoms with Crippen molar-refractivity contribution in [2.24, 2.45) is 17.8 Å². The van der Waals surface area contributed by atoms with E-state index in [4.69, 9.17) is 23.6 Å². The van der Waals surface area contributed by atoms with Crippen LogP contribution < -0.4 is 4.98 Å². The van der Waals surface area contributed by atoms with Crippen LogP contribution in [0.15, 0.2) is 61.7 Å². The average Bonchev–Trinajstić information content (AvgIpc) is 3.75. The molecule has 0 bridgehead atoms. The van der Waals surface area contributed by atoms with Gasteiger partial charge in [0.1, 0.15) is 0 Å². The normalized spacial score (nSPS) is 23.6. The molecule has 0 saturated heterocycles. The van der Waals surface area contributed by atoms with E-state index in [9.17, 15) is 0 Å². The van der Waals surface area contributed by atoms with Crippen molar-refractivity contribution >= 4 is 107 Å². The number of hydrogen-bond acceptors (Lipinski definition) is 3. The number of nitrogens with zero attached hydrogens (tertiary/aromatic N) is 1. The summed E-state index contributed by atoms with van der Waals surface area (Å²) in [5.74, 6) is 2.29. The number of thiophene rings is 1. The monoisotopic (exact) mass is 946 g/mol. The molecule has 2 aliphatic carbocycles. The molecule has 50 heavy (non-hydrogen) atoms. The molecule has 6 atom stereocenters. The Morgan fingerprint density at radius 3 is 2.02 bits per heavy atom. The molecule has 3 aromatic rings. The van der Waals surface area contributed by atoms with Gasteiger partial charge in [0, 0.05) is 30.3 Å². The Morgan fingerprint density at radius 2 is 1.44 bits per heavy atom. The molecular formula is C39H54Br2Cl2N2S2Si2Ti-2. The minimum atomic E-state index is -1.75. The molecule has 1 fully saturated rings. The number of fused-ring (bicyclic) bond motifs is 2. The van der Waals surface area contributed by atoms with Gasteiger partial charge in [-0.25, -0.2) is 0 Å². The fourth-order valence-electron chi connectivity index (χ4n) is 8.48. The molecule has 11 heteroatoms. The van der Waals surface area contributed by atoms with E-state index in [0.29, 0.717) is 5.54 Å². The van der Waals surface area contributed by atoms with Gasteiger partial charge < -0.3 is 17.4 Å². The van der Waals surface area contributed by atoms with Gasteiger partial charge in [0.05, 0.1) is 0 Å². The van der Waals surface area contributed by atoms with Gasteiger partial charge in [-0.05, 0) is 146 Å². The van der Waals surface area contributed by atoms with E-state index in [1.54, 1.807) is 10.5 Å². The van der Waals surface area contributed by atoms with Gasteiger partial charge in [0.2, 0.25) is 0 Å². The number of nitrogens with one attached hydrogen (secondary N) is 1. The molecule has 2 nitrogen and oxygen atoms in total. The number of benzene rings is 2. The van der Waals surface area contributed by atoms with Gasteiger partial charge in [0.15, 0.2) is 8.24 Å². The van der Waals surface area contributed by atoms with Gasteiger partial charge in [-0.15, -0.1) is 28.8 Å². The summed E-state index contributed by atoms with van der Waals surface area (Å²) in [6, 6.07) is 11.2. The van der Waals surface area contributed by atoms with E-state index in [1.807, 2.05) is 11.3 Å². The van der Waals surface area contributed by atoms with Crippen LogP contribution in [0, 0.1) is 52.9 Å². The fourth-order valence-corrected chi connectivity index (χ4v) is 22.0. The predicted molar refractivity (Wildman–Crippen MR) is 238 cm³/mol. The standard InChI is InChI=1S/C19H27BrNSSi.C19H24BrNSSi.CH3.2ClH.Ti/c2*1-11-9-12(2)17(16(20)10-11)21-23(5,6)19-14(4)13(3)15-7-8-22-18(15)19;;;;/h7-10,13-15,18-19H,1-6H3;7-10,19,21H,1-6H3;1H3;2*1H;/q-1;;-1;;;+2/p-2. The van der Waals surface area contributed by atoms with Crippen LogP contribution in [0.3, 0.4) is 0 Å². The molecule has 2 heterocycles. The molecule has 1 saturated carbocycles. The molecule has 3 aliphatic rings. The summed E-state index contributed by atoms with van der Waals surface area (Å²) < 4.78 is 2.33. The first-order chi connectivity index (χ1) is 22.9. The van der Waals surface area contributed by atoms with Crippen LogP contribution in [0.2, 0.25) is 31.7 Å². The number of thioether (sulfide) groups is 1. The molecular weight excluding hydrogens is 895 g/mol. The van der Waals surface area contributed by atoms with E-state index in [2.05, 4.69) is 177 Å². The van der Waals surface area contributed by atoms with Crippen LogP contribution in [0.4, 0.5) is 11.4 Å². The van der Waals surface area contributed by atoms with E-state index in [-0.39, 0.29) is 7.43 Å². The summed E-state index contributed by atoms with van der Waals surface area (Å²) in [7, 11) is 6.29. The second kappa shape index (κ2) is 18.3. The van der Waals surface area contributed by atoms with Crippen LogP contribution in [-0.2, 0) is 17.0 Å². The molecule has 274 valence electrons. The first-order valence-electron chi connectivity index (χ1n) is 16.9. The molecule has 6 unspecified atom stereocenters. The second-order valence-electron chi connectivity index (χ2n) is 15.2. The summed E-state index contributed by atoms with van der Waals surface area (Å²) in [6.07, 6.45) is 2.45. The maximum absolute atomic E-state index is 5.41. The van der Waals surface area contributed by atoms with E-state index in [0.717, 1.165) is 33.0 Å². The third-order valence-electron chi connectivity index (χ3n) is 10.9. The first kappa shape index (κ1) is 44.7. The van der Waals surface area contributed by atoms with Crippen LogP contribution in [-0.4, -0.2) is 21.7 Å². The molecule has 1 N–H and O–H groups in total. The SMILES string of the molecule is CC1=C(C)C([Si](C)(C)Nc2c(C)cc(C)cc2Br)c2sccc21.Cc1cc(C)c([N-][Si](C)(C)C2C(C)C(C)C3C=CSC32)c(Br)c1.[CH3-].[Cl][Ti][Cl]. The Balaban J connectivity index is 0.000000246.